The quantitative estimate of drug-likeness (QED) is 0.408. The largest absolute Gasteiger partial charge is 0.351 e. The van der Waals surface area contributed by atoms with Gasteiger partial charge in [0, 0.05) is 11.7 Å². The number of hydrogen-bond donors (Lipinski definition) is 1. The van der Waals surface area contributed by atoms with E-state index in [4.69, 9.17) is 0 Å². The fraction of sp³-hybridized carbons (Fsp3) is 0.286. The minimum absolute atomic E-state index is 0.0712. The number of benzene rings is 3. The topological polar surface area (TPSA) is 80.1 Å². The number of carbonyl (C=O) groups excluding carboxylic acids is 2. The first-order valence-electron chi connectivity index (χ1n) is 12.3. The number of carbonyl (C=O) groups is 2. The smallest absolute Gasteiger partial charge is 0.249 e. The van der Waals surface area contributed by atoms with Crippen molar-refractivity contribution in [2.24, 2.45) is 0 Å². The zero-order chi connectivity index (χ0) is 24.9. The van der Waals surface area contributed by atoms with E-state index < -0.39 is 11.9 Å². The molecule has 184 valence electrons. The van der Waals surface area contributed by atoms with Crippen molar-refractivity contribution < 1.29 is 14.0 Å². The van der Waals surface area contributed by atoms with E-state index in [9.17, 15) is 14.0 Å². The van der Waals surface area contributed by atoms with Crippen LogP contribution in [0.2, 0.25) is 0 Å². The monoisotopic (exact) mass is 485 g/mol. The third-order valence-corrected chi connectivity index (χ3v) is 6.65. The number of nitrogens with zero attached hydrogens (tertiary/aromatic N) is 4. The fourth-order valence-electron chi connectivity index (χ4n) is 4.86. The molecule has 2 amide bonds. The van der Waals surface area contributed by atoms with Crippen LogP contribution in [0.4, 0.5) is 10.1 Å². The second kappa shape index (κ2) is 10.7. The molecule has 8 heteroatoms. The van der Waals surface area contributed by atoms with Crippen LogP contribution >= 0.6 is 0 Å². The van der Waals surface area contributed by atoms with Gasteiger partial charge in [-0.15, -0.1) is 5.10 Å². The number of aromatic nitrogens is 3. The summed E-state index contributed by atoms with van der Waals surface area (Å²) in [6.07, 6.45) is 5.15. The van der Waals surface area contributed by atoms with Gasteiger partial charge in [-0.1, -0.05) is 66.9 Å². The average molecular weight is 486 g/mol. The predicted molar refractivity (Wildman–Crippen MR) is 136 cm³/mol. The third-order valence-electron chi connectivity index (χ3n) is 6.65. The SMILES string of the molecule is O=C(NC1CCCCC1)[C@@H](c1ccccc1)N(C(=O)Cn1nnc2ccccc21)c1ccc(F)cc1. The van der Waals surface area contributed by atoms with Crippen LogP contribution in [0.1, 0.15) is 43.7 Å². The highest BCUT2D eigenvalue weighted by Crippen LogP contribution is 2.30. The first-order chi connectivity index (χ1) is 17.6. The Balaban J connectivity index is 1.54. The summed E-state index contributed by atoms with van der Waals surface area (Å²) in [7, 11) is 0. The van der Waals surface area contributed by atoms with Crippen LogP contribution < -0.4 is 10.2 Å². The van der Waals surface area contributed by atoms with Gasteiger partial charge in [0.05, 0.1) is 5.52 Å². The highest BCUT2D eigenvalue weighted by Gasteiger charge is 2.34. The molecule has 4 aromatic rings. The predicted octanol–water partition coefficient (Wildman–Crippen LogP) is 4.79. The van der Waals surface area contributed by atoms with E-state index in [0.29, 0.717) is 22.3 Å². The van der Waals surface area contributed by atoms with Crippen molar-refractivity contribution in [3.8, 4) is 0 Å². The Morgan fingerprint density at radius 3 is 2.39 bits per heavy atom. The molecule has 0 saturated heterocycles. The average Bonchev–Trinajstić information content (AvgIpc) is 3.31. The molecule has 1 aliphatic carbocycles. The van der Waals surface area contributed by atoms with Gasteiger partial charge in [-0.25, -0.2) is 9.07 Å². The Labute approximate surface area is 208 Å². The summed E-state index contributed by atoms with van der Waals surface area (Å²) in [5, 5.41) is 11.5. The molecule has 0 radical (unpaired) electrons. The summed E-state index contributed by atoms with van der Waals surface area (Å²) < 4.78 is 15.3. The minimum Gasteiger partial charge on any atom is -0.351 e. The van der Waals surface area contributed by atoms with E-state index in [1.54, 1.807) is 0 Å². The van der Waals surface area contributed by atoms with Crippen LogP contribution in [0.25, 0.3) is 11.0 Å². The molecule has 1 aromatic heterocycles. The Morgan fingerprint density at radius 2 is 1.64 bits per heavy atom. The second-order valence-electron chi connectivity index (χ2n) is 9.13. The van der Waals surface area contributed by atoms with Crippen LogP contribution in [-0.2, 0) is 16.1 Å². The Morgan fingerprint density at radius 1 is 0.944 bits per heavy atom. The van der Waals surface area contributed by atoms with Crippen LogP contribution in [0.5, 0.6) is 0 Å². The lowest BCUT2D eigenvalue weighted by molar-refractivity contribution is -0.127. The molecule has 1 saturated carbocycles. The van der Waals surface area contributed by atoms with Crippen molar-refractivity contribution in [2.45, 2.75) is 50.7 Å². The van der Waals surface area contributed by atoms with E-state index >= 15 is 0 Å². The molecule has 1 aliphatic rings. The Hall–Kier alpha value is -4.07. The number of nitrogens with one attached hydrogen (secondary N) is 1. The lowest BCUT2D eigenvalue weighted by Crippen LogP contribution is -2.48. The molecule has 1 heterocycles. The maximum atomic E-state index is 13.9. The minimum atomic E-state index is -0.930. The Bertz CT molecular complexity index is 1330. The molecular weight excluding hydrogens is 457 g/mol. The summed E-state index contributed by atoms with van der Waals surface area (Å²) in [4.78, 5) is 29.2. The zero-order valence-corrected chi connectivity index (χ0v) is 19.9. The first kappa shape index (κ1) is 23.7. The van der Waals surface area contributed by atoms with Gasteiger partial charge in [-0.05, 0) is 54.8 Å². The number of hydrogen-bond acceptors (Lipinski definition) is 4. The van der Waals surface area contributed by atoms with Crippen LogP contribution in [0.3, 0.4) is 0 Å². The summed E-state index contributed by atoms with van der Waals surface area (Å²) in [5.74, 6) is -1.03. The standard InChI is InChI=1S/C28H28FN5O2/c29-21-15-17-23(18-16-21)34(26(35)19-33-25-14-8-7-13-24(25)31-32-33)27(20-9-3-1-4-10-20)28(36)30-22-11-5-2-6-12-22/h1,3-4,7-10,13-18,22,27H,2,5-6,11-12,19H2,(H,30,36)/t27-/m1/s1. The molecule has 5 rings (SSSR count). The number of anilines is 1. The van der Waals surface area contributed by atoms with Crippen LogP contribution in [0.15, 0.2) is 78.9 Å². The molecule has 0 unspecified atom stereocenters. The molecule has 0 bridgehead atoms. The maximum Gasteiger partial charge on any atom is 0.249 e. The molecule has 7 nitrogen and oxygen atoms in total. The van der Waals surface area contributed by atoms with Crippen LogP contribution in [-0.4, -0.2) is 32.9 Å². The first-order valence-corrected chi connectivity index (χ1v) is 12.3. The highest BCUT2D eigenvalue weighted by molar-refractivity contribution is 6.01. The summed E-state index contributed by atoms with van der Waals surface area (Å²) in [6.45, 7) is -0.127. The van der Waals surface area contributed by atoms with Gasteiger partial charge < -0.3 is 5.32 Å². The number of fused-ring (bicyclic) bond motifs is 1. The van der Waals surface area contributed by atoms with E-state index in [1.807, 2.05) is 54.6 Å². The number of halogens is 1. The van der Waals surface area contributed by atoms with Crippen molar-refractivity contribution in [1.29, 1.82) is 0 Å². The van der Waals surface area contributed by atoms with Gasteiger partial charge in [0.1, 0.15) is 23.9 Å². The lowest BCUT2D eigenvalue weighted by atomic mass is 9.94. The van der Waals surface area contributed by atoms with Gasteiger partial charge in [0.15, 0.2) is 0 Å². The van der Waals surface area contributed by atoms with Crippen molar-refractivity contribution in [1.82, 2.24) is 20.3 Å². The van der Waals surface area contributed by atoms with Crippen molar-refractivity contribution in [3.63, 3.8) is 0 Å². The fourth-order valence-corrected chi connectivity index (χ4v) is 4.86. The Kier molecular flexibility index (Phi) is 7.02. The zero-order valence-electron chi connectivity index (χ0n) is 19.9. The summed E-state index contributed by atoms with van der Waals surface area (Å²) in [5.41, 5.74) is 2.49. The lowest BCUT2D eigenvalue weighted by Gasteiger charge is -2.33. The van der Waals surface area contributed by atoms with E-state index in [0.717, 1.165) is 25.7 Å². The normalized spacial score (nSPS) is 14.9. The van der Waals surface area contributed by atoms with Crippen LogP contribution in [0, 0.1) is 5.82 Å². The molecule has 0 spiro atoms. The highest BCUT2D eigenvalue weighted by atomic mass is 19.1. The molecule has 1 N–H and O–H groups in total. The van der Waals surface area contributed by atoms with Crippen molar-refractivity contribution in [2.75, 3.05) is 4.90 Å². The summed E-state index contributed by atoms with van der Waals surface area (Å²) >= 11 is 0. The van der Waals surface area contributed by atoms with Gasteiger partial charge in [0.25, 0.3) is 0 Å². The van der Waals surface area contributed by atoms with Gasteiger partial charge >= 0.3 is 0 Å². The van der Waals surface area contributed by atoms with Crippen molar-refractivity contribution >= 4 is 28.5 Å². The van der Waals surface area contributed by atoms with E-state index in [1.165, 1.54) is 40.3 Å². The van der Waals surface area contributed by atoms with Gasteiger partial charge in [-0.3, -0.25) is 14.5 Å². The molecule has 1 fully saturated rings. The maximum absolute atomic E-state index is 13.9. The van der Waals surface area contributed by atoms with E-state index in [-0.39, 0.29) is 24.4 Å². The molecule has 36 heavy (non-hydrogen) atoms. The third kappa shape index (κ3) is 5.12. The van der Waals surface area contributed by atoms with Gasteiger partial charge in [-0.2, -0.15) is 0 Å². The number of para-hydroxylation sites is 1. The number of amides is 2. The molecule has 1 atom stereocenters. The second-order valence-corrected chi connectivity index (χ2v) is 9.13. The van der Waals surface area contributed by atoms with E-state index in [2.05, 4.69) is 15.6 Å². The summed E-state index contributed by atoms with van der Waals surface area (Å²) in [6, 6.07) is 21.4. The molecule has 3 aromatic carbocycles. The number of rotatable bonds is 7. The van der Waals surface area contributed by atoms with Crippen molar-refractivity contribution in [3.05, 3.63) is 90.2 Å². The van der Waals surface area contributed by atoms with Gasteiger partial charge in [0.2, 0.25) is 11.8 Å². The molecular formula is C28H28FN5O2. The molecule has 0 aliphatic heterocycles.